The second-order valence-corrected chi connectivity index (χ2v) is 5.67. The van der Waals surface area contributed by atoms with E-state index in [9.17, 15) is 4.79 Å². The molecule has 0 saturated carbocycles. The number of nitrogens with one attached hydrogen (secondary N) is 1. The number of ether oxygens (including phenoxy) is 1. The number of amides is 1. The minimum Gasteiger partial charge on any atom is -0.480 e. The zero-order valence-electron chi connectivity index (χ0n) is 11.6. The van der Waals surface area contributed by atoms with Crippen molar-refractivity contribution in [2.24, 2.45) is 0 Å². The molecule has 3 rings (SSSR count). The van der Waals surface area contributed by atoms with Crippen LogP contribution in [0.25, 0.3) is 0 Å². The van der Waals surface area contributed by atoms with Crippen molar-refractivity contribution in [1.29, 1.82) is 0 Å². The molecule has 1 aromatic heterocycles. The molecule has 0 aliphatic carbocycles. The quantitative estimate of drug-likeness (QED) is 0.940. The fourth-order valence-corrected chi connectivity index (χ4v) is 2.65. The normalized spacial score (nSPS) is 17.9. The monoisotopic (exact) mass is 305 g/mol. The van der Waals surface area contributed by atoms with Crippen LogP contribution < -0.4 is 10.1 Å². The smallest absolute Gasteiger partial charge is 0.261 e. The van der Waals surface area contributed by atoms with E-state index in [1.165, 1.54) is 0 Å². The summed E-state index contributed by atoms with van der Waals surface area (Å²) in [5.74, 6) is 0.636. The van der Waals surface area contributed by atoms with Crippen molar-refractivity contribution in [2.75, 3.05) is 0 Å². The second kappa shape index (κ2) is 5.77. The Kier molecular flexibility index (Phi) is 3.84. The number of carbonyl (C=O) groups excluding carboxylic acids is 1. The van der Waals surface area contributed by atoms with Crippen LogP contribution in [0, 0.1) is 0 Å². The first-order valence-electron chi connectivity index (χ1n) is 6.83. The zero-order valence-corrected chi connectivity index (χ0v) is 12.4. The van der Waals surface area contributed by atoms with Gasteiger partial charge in [0.2, 0.25) is 0 Å². The molecule has 1 amide bonds. The number of nitrogens with zero attached hydrogens (tertiary/aromatic N) is 2. The van der Waals surface area contributed by atoms with Gasteiger partial charge in [0.25, 0.3) is 5.91 Å². The van der Waals surface area contributed by atoms with Gasteiger partial charge in [0.1, 0.15) is 5.75 Å². The lowest BCUT2D eigenvalue weighted by atomic mass is 10.1. The van der Waals surface area contributed by atoms with Crippen molar-refractivity contribution in [2.45, 2.75) is 32.0 Å². The molecule has 0 radical (unpaired) electrons. The van der Waals surface area contributed by atoms with Crippen molar-refractivity contribution in [1.82, 2.24) is 14.9 Å². The lowest BCUT2D eigenvalue weighted by molar-refractivity contribution is -0.127. The number of hydrogen-bond donors (Lipinski definition) is 1. The number of imidazole rings is 1. The number of fused-ring (bicyclic) bond motifs is 1. The Morgan fingerprint density at radius 3 is 3.24 bits per heavy atom. The lowest BCUT2D eigenvalue weighted by Gasteiger charge is -2.17. The van der Waals surface area contributed by atoms with Crippen LogP contribution in [0.5, 0.6) is 5.75 Å². The first kappa shape index (κ1) is 13.9. The topological polar surface area (TPSA) is 56.2 Å². The van der Waals surface area contributed by atoms with E-state index >= 15 is 0 Å². The lowest BCUT2D eigenvalue weighted by Crippen LogP contribution is -2.43. The van der Waals surface area contributed by atoms with Gasteiger partial charge in [0.15, 0.2) is 6.10 Å². The zero-order chi connectivity index (χ0) is 14.8. The van der Waals surface area contributed by atoms with E-state index in [1.54, 1.807) is 24.7 Å². The highest BCUT2D eigenvalue weighted by Gasteiger charge is 2.29. The Morgan fingerprint density at radius 2 is 2.48 bits per heavy atom. The highest BCUT2D eigenvalue weighted by Crippen LogP contribution is 2.31. The Morgan fingerprint density at radius 1 is 1.62 bits per heavy atom. The fourth-order valence-electron chi connectivity index (χ4n) is 2.46. The Bertz CT molecular complexity index is 642. The summed E-state index contributed by atoms with van der Waals surface area (Å²) in [4.78, 5) is 16.2. The maximum absolute atomic E-state index is 12.2. The molecule has 110 valence electrons. The Labute approximate surface area is 127 Å². The van der Waals surface area contributed by atoms with Gasteiger partial charge in [-0.25, -0.2) is 4.98 Å². The highest BCUT2D eigenvalue weighted by molar-refractivity contribution is 6.30. The summed E-state index contributed by atoms with van der Waals surface area (Å²) < 4.78 is 7.60. The summed E-state index contributed by atoms with van der Waals surface area (Å²) in [5.41, 5.74) is 0.977. The SMILES string of the molecule is C[C@@H](Cn1ccnc1)NC(=O)[C@@H]1Cc2cc(Cl)ccc2O1. The highest BCUT2D eigenvalue weighted by atomic mass is 35.5. The van der Waals surface area contributed by atoms with Crippen LogP contribution in [0.15, 0.2) is 36.9 Å². The summed E-state index contributed by atoms with van der Waals surface area (Å²) >= 11 is 5.95. The average molecular weight is 306 g/mol. The Hall–Kier alpha value is -2.01. The van der Waals surface area contributed by atoms with Gasteiger partial charge in [-0.05, 0) is 30.7 Å². The Balaban J connectivity index is 1.57. The van der Waals surface area contributed by atoms with Gasteiger partial charge in [-0.15, -0.1) is 0 Å². The molecule has 1 aromatic carbocycles. The minimum atomic E-state index is -0.483. The number of hydrogen-bond acceptors (Lipinski definition) is 3. The van der Waals surface area contributed by atoms with Gasteiger partial charge in [-0.3, -0.25) is 4.79 Å². The van der Waals surface area contributed by atoms with E-state index in [0.29, 0.717) is 18.0 Å². The molecule has 0 unspecified atom stereocenters. The van der Waals surface area contributed by atoms with Gasteiger partial charge in [-0.1, -0.05) is 11.6 Å². The molecule has 1 N–H and O–H groups in total. The number of benzene rings is 1. The molecule has 0 spiro atoms. The van der Waals surface area contributed by atoms with Crippen molar-refractivity contribution in [3.05, 3.63) is 47.5 Å². The number of rotatable bonds is 4. The van der Waals surface area contributed by atoms with E-state index in [1.807, 2.05) is 23.8 Å². The van der Waals surface area contributed by atoms with Crippen LogP contribution in [0.2, 0.25) is 5.02 Å². The molecule has 6 heteroatoms. The number of halogens is 1. The number of carbonyl (C=O) groups is 1. The molecule has 1 aliphatic rings. The molecule has 2 heterocycles. The first-order valence-corrected chi connectivity index (χ1v) is 7.21. The van der Waals surface area contributed by atoms with Gasteiger partial charge >= 0.3 is 0 Å². The molecular weight excluding hydrogens is 290 g/mol. The largest absolute Gasteiger partial charge is 0.480 e. The minimum absolute atomic E-state index is 0.00241. The van der Waals surface area contributed by atoms with Crippen LogP contribution in [-0.2, 0) is 17.8 Å². The third kappa shape index (κ3) is 3.19. The summed E-state index contributed by atoms with van der Waals surface area (Å²) in [6, 6.07) is 5.42. The maximum atomic E-state index is 12.2. The van der Waals surface area contributed by atoms with E-state index in [0.717, 1.165) is 11.3 Å². The standard InChI is InChI=1S/C15H16ClN3O2/c1-10(8-19-5-4-17-9-19)18-15(20)14-7-11-6-12(16)2-3-13(11)21-14/h2-6,9-10,14H,7-8H2,1H3,(H,18,20)/t10-,14-/m0/s1. The van der Waals surface area contributed by atoms with Crippen LogP contribution in [-0.4, -0.2) is 27.6 Å². The van der Waals surface area contributed by atoms with Crippen LogP contribution in [0.1, 0.15) is 12.5 Å². The molecular formula is C15H16ClN3O2. The van der Waals surface area contributed by atoms with Gasteiger partial charge in [0.05, 0.1) is 6.33 Å². The maximum Gasteiger partial charge on any atom is 0.261 e. The first-order chi connectivity index (χ1) is 10.1. The molecule has 0 fully saturated rings. The van der Waals surface area contributed by atoms with Crippen molar-refractivity contribution >= 4 is 17.5 Å². The van der Waals surface area contributed by atoms with Crippen LogP contribution in [0.4, 0.5) is 0 Å². The molecule has 21 heavy (non-hydrogen) atoms. The van der Waals surface area contributed by atoms with Crippen molar-refractivity contribution in [3.63, 3.8) is 0 Å². The fraction of sp³-hybridized carbons (Fsp3) is 0.333. The molecule has 0 bridgehead atoms. The van der Waals surface area contributed by atoms with E-state index in [2.05, 4.69) is 10.3 Å². The third-order valence-corrected chi connectivity index (χ3v) is 3.66. The number of aromatic nitrogens is 2. The molecule has 0 saturated heterocycles. The molecule has 2 aromatic rings. The van der Waals surface area contributed by atoms with Crippen molar-refractivity contribution in [3.8, 4) is 5.75 Å². The van der Waals surface area contributed by atoms with Crippen LogP contribution in [0.3, 0.4) is 0 Å². The van der Waals surface area contributed by atoms with Crippen molar-refractivity contribution < 1.29 is 9.53 Å². The predicted molar refractivity (Wildman–Crippen MR) is 79.4 cm³/mol. The van der Waals surface area contributed by atoms with E-state index < -0.39 is 6.10 Å². The third-order valence-electron chi connectivity index (χ3n) is 3.42. The van der Waals surface area contributed by atoms with Gasteiger partial charge in [0, 0.05) is 36.4 Å². The summed E-state index contributed by atoms with van der Waals surface area (Å²) in [6.07, 6.45) is 5.39. The second-order valence-electron chi connectivity index (χ2n) is 5.23. The molecule has 2 atom stereocenters. The van der Waals surface area contributed by atoms with E-state index in [-0.39, 0.29) is 11.9 Å². The van der Waals surface area contributed by atoms with Gasteiger partial charge < -0.3 is 14.6 Å². The van der Waals surface area contributed by atoms with E-state index in [4.69, 9.17) is 16.3 Å². The molecule has 1 aliphatic heterocycles. The summed E-state index contributed by atoms with van der Waals surface area (Å²) in [6.45, 7) is 2.63. The summed E-state index contributed by atoms with van der Waals surface area (Å²) in [5, 5.41) is 3.62. The average Bonchev–Trinajstić information content (AvgIpc) is 3.06. The van der Waals surface area contributed by atoms with Gasteiger partial charge in [-0.2, -0.15) is 0 Å². The molecule has 5 nitrogen and oxygen atoms in total. The van der Waals surface area contributed by atoms with Crippen LogP contribution >= 0.6 is 11.6 Å². The predicted octanol–water partition coefficient (Wildman–Crippen LogP) is 2.04. The summed E-state index contributed by atoms with van der Waals surface area (Å²) in [7, 11) is 0.